The predicted octanol–water partition coefficient (Wildman–Crippen LogP) is 17.0. The molecule has 0 unspecified atom stereocenters. The lowest BCUT2D eigenvalue weighted by Crippen LogP contribution is -2.34. The lowest BCUT2D eigenvalue weighted by atomic mass is 9.61. The molecule has 316 valence electrons. The van der Waals surface area contributed by atoms with Crippen molar-refractivity contribution in [1.82, 2.24) is 0 Å². The molecule has 0 aromatic heterocycles. The van der Waals surface area contributed by atoms with Crippen LogP contribution < -0.4 is 4.90 Å². The molecule has 0 fully saturated rings. The molecule has 0 saturated carbocycles. The number of hydrogen-bond acceptors (Lipinski definition) is 1. The molecule has 4 aliphatic carbocycles. The summed E-state index contributed by atoms with van der Waals surface area (Å²) in [6.07, 6.45) is 4.67. The Kier molecular flexibility index (Phi) is 8.27. The molecule has 1 heteroatoms. The standard InChI is InChI=1S/C63H59N/c1-59(2)33-34-61(5,6)55-37-41(31-32-52(55)59)64(56-30-17-20-40-19-9-10-21-42(40)56)57-39-54-47(38-48(57)46-25-18-29-53-58(46)62(7,8)36-35-60(53,3)4)45-24-13-16-28-51(45)63(54)49-26-14-11-22-43(49)44-23-12-15-27-50(44)63/h9-32,37-39H,33-36H2,1-8H3. The first kappa shape index (κ1) is 39.4. The SMILES string of the molecule is CC1(C)CCC(C)(C)c2cc(N(c3cc4c(cc3-c3cccc5c3C(C)(C)CCC5(C)C)-c3ccccc3C43c4ccccc4-c4ccccc43)c3cccc4ccccc34)ccc21. The van der Waals surface area contributed by atoms with Gasteiger partial charge in [-0.05, 0) is 155 Å². The topological polar surface area (TPSA) is 3.24 Å². The third kappa shape index (κ3) is 5.37. The van der Waals surface area contributed by atoms with Crippen molar-refractivity contribution in [3.05, 3.63) is 208 Å². The highest BCUT2D eigenvalue weighted by molar-refractivity contribution is 6.04. The lowest BCUT2D eigenvalue weighted by molar-refractivity contribution is 0.332. The number of hydrogen-bond donors (Lipinski definition) is 0. The largest absolute Gasteiger partial charge is 0.309 e. The quantitative estimate of drug-likeness (QED) is 0.171. The number of rotatable bonds is 4. The fourth-order valence-electron chi connectivity index (χ4n) is 13.0. The molecule has 0 heterocycles. The van der Waals surface area contributed by atoms with Crippen LogP contribution in [0.2, 0.25) is 0 Å². The van der Waals surface area contributed by atoms with Crippen LogP contribution in [-0.4, -0.2) is 0 Å². The van der Waals surface area contributed by atoms with Crippen LogP contribution in [-0.2, 0) is 27.1 Å². The summed E-state index contributed by atoms with van der Waals surface area (Å²) in [6, 6.07) is 63.6. The Morgan fingerprint density at radius 2 is 0.828 bits per heavy atom. The summed E-state index contributed by atoms with van der Waals surface area (Å²) < 4.78 is 0. The van der Waals surface area contributed by atoms with Crippen molar-refractivity contribution in [2.45, 2.75) is 108 Å². The van der Waals surface area contributed by atoms with Gasteiger partial charge in [-0.2, -0.15) is 0 Å². The molecule has 0 saturated heterocycles. The molecule has 0 bridgehead atoms. The van der Waals surface area contributed by atoms with Crippen molar-refractivity contribution >= 4 is 27.8 Å². The van der Waals surface area contributed by atoms with Crippen LogP contribution in [0.3, 0.4) is 0 Å². The molecule has 0 aliphatic heterocycles. The zero-order valence-corrected chi connectivity index (χ0v) is 38.9. The van der Waals surface area contributed by atoms with Crippen LogP contribution in [0.4, 0.5) is 17.1 Å². The van der Waals surface area contributed by atoms with Gasteiger partial charge in [0, 0.05) is 16.6 Å². The molecular formula is C63H59N. The average molecular weight is 830 g/mol. The first-order valence-electron chi connectivity index (χ1n) is 23.8. The van der Waals surface area contributed by atoms with Crippen molar-refractivity contribution in [1.29, 1.82) is 0 Å². The van der Waals surface area contributed by atoms with E-state index in [9.17, 15) is 0 Å². The van der Waals surface area contributed by atoms with Gasteiger partial charge in [-0.3, -0.25) is 0 Å². The first-order chi connectivity index (χ1) is 30.7. The molecule has 8 aromatic rings. The summed E-state index contributed by atoms with van der Waals surface area (Å²) >= 11 is 0. The molecule has 0 N–H and O–H groups in total. The molecule has 8 aromatic carbocycles. The monoisotopic (exact) mass is 829 g/mol. The van der Waals surface area contributed by atoms with E-state index < -0.39 is 5.41 Å². The summed E-state index contributed by atoms with van der Waals surface area (Å²) in [4.78, 5) is 2.67. The minimum absolute atomic E-state index is 0.00804. The van der Waals surface area contributed by atoms with Crippen molar-refractivity contribution in [2.24, 2.45) is 0 Å². The summed E-state index contributed by atoms with van der Waals surface area (Å²) in [5.41, 5.74) is 22.7. The second-order valence-corrected chi connectivity index (χ2v) is 22.1. The average Bonchev–Trinajstić information content (AvgIpc) is 3.76. The van der Waals surface area contributed by atoms with E-state index in [0.29, 0.717) is 0 Å². The molecular weight excluding hydrogens is 771 g/mol. The minimum atomic E-state index is -0.476. The Bertz CT molecular complexity index is 3190. The third-order valence-electron chi connectivity index (χ3n) is 16.6. The van der Waals surface area contributed by atoms with Gasteiger partial charge in [0.15, 0.2) is 0 Å². The highest BCUT2D eigenvalue weighted by Gasteiger charge is 2.52. The molecule has 12 rings (SSSR count). The lowest BCUT2D eigenvalue weighted by Gasteiger charge is -2.44. The fourth-order valence-corrected chi connectivity index (χ4v) is 13.0. The van der Waals surface area contributed by atoms with Gasteiger partial charge in [-0.1, -0.05) is 189 Å². The maximum atomic E-state index is 2.67. The van der Waals surface area contributed by atoms with Gasteiger partial charge in [0.2, 0.25) is 0 Å². The van der Waals surface area contributed by atoms with Crippen LogP contribution in [0.15, 0.2) is 164 Å². The van der Waals surface area contributed by atoms with E-state index in [1.807, 2.05) is 0 Å². The molecule has 1 spiro atoms. The number of fused-ring (bicyclic) bond motifs is 13. The van der Waals surface area contributed by atoms with Crippen LogP contribution in [0.1, 0.15) is 126 Å². The summed E-state index contributed by atoms with van der Waals surface area (Å²) in [5.74, 6) is 0. The Labute approximate surface area is 380 Å². The number of nitrogens with zero attached hydrogens (tertiary/aromatic N) is 1. The minimum Gasteiger partial charge on any atom is -0.309 e. The van der Waals surface area contributed by atoms with Crippen LogP contribution in [0.25, 0.3) is 44.2 Å². The van der Waals surface area contributed by atoms with Gasteiger partial charge in [0.25, 0.3) is 0 Å². The van der Waals surface area contributed by atoms with E-state index in [0.717, 1.165) is 12.8 Å². The van der Waals surface area contributed by atoms with E-state index in [4.69, 9.17) is 0 Å². The number of anilines is 3. The molecule has 4 aliphatic rings. The van der Waals surface area contributed by atoms with Crippen molar-refractivity contribution in [3.63, 3.8) is 0 Å². The second kappa shape index (κ2) is 13.4. The Morgan fingerprint density at radius 1 is 0.328 bits per heavy atom. The zero-order chi connectivity index (χ0) is 44.0. The summed E-state index contributed by atoms with van der Waals surface area (Å²) in [7, 11) is 0. The molecule has 0 atom stereocenters. The van der Waals surface area contributed by atoms with Gasteiger partial charge in [0.05, 0.1) is 16.8 Å². The molecule has 0 amide bonds. The predicted molar refractivity (Wildman–Crippen MR) is 271 cm³/mol. The van der Waals surface area contributed by atoms with E-state index >= 15 is 0 Å². The maximum Gasteiger partial charge on any atom is 0.0726 e. The Hall–Kier alpha value is -6.18. The van der Waals surface area contributed by atoms with E-state index in [2.05, 4.69) is 224 Å². The van der Waals surface area contributed by atoms with Crippen LogP contribution in [0, 0.1) is 0 Å². The van der Waals surface area contributed by atoms with Gasteiger partial charge >= 0.3 is 0 Å². The van der Waals surface area contributed by atoms with E-state index in [1.54, 1.807) is 0 Å². The van der Waals surface area contributed by atoms with Crippen molar-refractivity contribution < 1.29 is 0 Å². The Morgan fingerprint density at radius 3 is 1.50 bits per heavy atom. The summed E-state index contributed by atoms with van der Waals surface area (Å²) in [6.45, 7) is 19.7. The normalized spacial score (nSPS) is 18.4. The zero-order valence-electron chi connectivity index (χ0n) is 38.9. The van der Waals surface area contributed by atoms with E-state index in [1.165, 1.54) is 119 Å². The molecule has 1 nitrogen and oxygen atoms in total. The number of benzene rings is 8. The maximum absolute atomic E-state index is 2.67. The fraction of sp³-hybridized carbons (Fsp3) is 0.270. The van der Waals surface area contributed by atoms with Crippen LogP contribution >= 0.6 is 0 Å². The smallest absolute Gasteiger partial charge is 0.0726 e. The van der Waals surface area contributed by atoms with Gasteiger partial charge in [-0.15, -0.1) is 0 Å². The highest BCUT2D eigenvalue weighted by Crippen LogP contribution is 2.65. The highest BCUT2D eigenvalue weighted by atomic mass is 15.1. The first-order valence-corrected chi connectivity index (χ1v) is 23.8. The van der Waals surface area contributed by atoms with Gasteiger partial charge in [-0.25, -0.2) is 0 Å². The third-order valence-corrected chi connectivity index (χ3v) is 16.6. The van der Waals surface area contributed by atoms with Crippen molar-refractivity contribution in [3.8, 4) is 33.4 Å². The summed E-state index contributed by atoms with van der Waals surface area (Å²) in [5, 5.41) is 2.49. The van der Waals surface area contributed by atoms with Crippen LogP contribution in [0.5, 0.6) is 0 Å². The second-order valence-electron chi connectivity index (χ2n) is 22.1. The molecule has 0 radical (unpaired) electrons. The Balaban J connectivity index is 1.26. The van der Waals surface area contributed by atoms with Gasteiger partial charge < -0.3 is 4.90 Å². The van der Waals surface area contributed by atoms with Crippen molar-refractivity contribution in [2.75, 3.05) is 4.90 Å². The van der Waals surface area contributed by atoms with E-state index in [-0.39, 0.29) is 21.7 Å². The van der Waals surface area contributed by atoms with Gasteiger partial charge in [0.1, 0.15) is 0 Å². The molecule has 64 heavy (non-hydrogen) atoms.